The minimum Gasteiger partial charge on any atom is -0.349 e. The van der Waals surface area contributed by atoms with Gasteiger partial charge >= 0.3 is 0 Å². The summed E-state index contributed by atoms with van der Waals surface area (Å²) < 4.78 is 1.84. The molecule has 188 valence electrons. The van der Waals surface area contributed by atoms with Crippen LogP contribution in [0.4, 0.5) is 5.69 Å². The number of nitrogens with zero attached hydrogens (tertiary/aromatic N) is 3. The Balaban J connectivity index is 1.26. The maximum Gasteiger partial charge on any atom is 0.251 e. The molecule has 3 amide bonds. The van der Waals surface area contributed by atoms with Gasteiger partial charge in [-0.3, -0.25) is 14.4 Å². The Morgan fingerprint density at radius 2 is 1.83 bits per heavy atom. The molecule has 1 aliphatic heterocycles. The summed E-state index contributed by atoms with van der Waals surface area (Å²) in [5.41, 5.74) is 2.13. The van der Waals surface area contributed by atoms with Crippen LogP contribution < -0.4 is 10.6 Å². The van der Waals surface area contributed by atoms with Crippen LogP contribution in [0.15, 0.2) is 73.3 Å². The van der Waals surface area contributed by atoms with Gasteiger partial charge in [0.2, 0.25) is 11.8 Å². The number of benzene rings is 2. The first kappa shape index (κ1) is 25.2. The zero-order valence-corrected chi connectivity index (χ0v) is 20.6. The molecule has 2 heterocycles. The SMILES string of the molecule is CCC(C(=O)N1CCC(NC(=O)c2cccc(NC(=O)CCn3ccnc3)c2)CC1)c1ccccc1. The number of carbonyl (C=O) groups is 3. The van der Waals surface area contributed by atoms with E-state index in [-0.39, 0.29) is 29.7 Å². The largest absolute Gasteiger partial charge is 0.349 e. The van der Waals surface area contributed by atoms with Gasteiger partial charge < -0.3 is 20.1 Å². The Kier molecular flexibility index (Phi) is 8.49. The molecule has 0 saturated carbocycles. The topological polar surface area (TPSA) is 96.3 Å². The van der Waals surface area contributed by atoms with E-state index in [0.29, 0.717) is 50.1 Å². The van der Waals surface area contributed by atoms with Crippen molar-refractivity contribution in [2.45, 2.75) is 51.1 Å². The molecule has 8 heteroatoms. The predicted molar refractivity (Wildman–Crippen MR) is 138 cm³/mol. The van der Waals surface area contributed by atoms with Crippen molar-refractivity contribution < 1.29 is 14.4 Å². The van der Waals surface area contributed by atoms with Crippen LogP contribution in [0.1, 0.15) is 54.4 Å². The molecule has 4 rings (SSSR count). The molecule has 36 heavy (non-hydrogen) atoms. The number of aromatic nitrogens is 2. The highest BCUT2D eigenvalue weighted by Crippen LogP contribution is 2.24. The maximum absolute atomic E-state index is 13.1. The normalized spacial score (nSPS) is 14.8. The number of nitrogens with one attached hydrogen (secondary N) is 2. The lowest BCUT2D eigenvalue weighted by Gasteiger charge is -2.34. The molecule has 1 saturated heterocycles. The third-order valence-electron chi connectivity index (χ3n) is 6.61. The van der Waals surface area contributed by atoms with Crippen LogP contribution in [-0.2, 0) is 16.1 Å². The standard InChI is InChI=1S/C28H33N5O3/c1-2-25(21-7-4-3-5-8-21)28(36)33-16-11-23(12-17-33)31-27(35)22-9-6-10-24(19-22)30-26(34)13-15-32-18-14-29-20-32/h3-10,14,18-20,23,25H,2,11-13,15-17H2,1H3,(H,30,34)(H,31,35). The molecule has 0 spiro atoms. The van der Waals surface area contributed by atoms with Crippen LogP contribution in [-0.4, -0.2) is 51.3 Å². The molecular weight excluding hydrogens is 454 g/mol. The molecule has 0 aliphatic carbocycles. The molecule has 1 fully saturated rings. The Bertz CT molecular complexity index is 1150. The monoisotopic (exact) mass is 487 g/mol. The van der Waals surface area contributed by atoms with Crippen molar-refractivity contribution in [3.05, 3.63) is 84.4 Å². The van der Waals surface area contributed by atoms with Crippen molar-refractivity contribution in [1.29, 1.82) is 0 Å². The van der Waals surface area contributed by atoms with Gasteiger partial charge in [-0.05, 0) is 43.0 Å². The fourth-order valence-electron chi connectivity index (χ4n) is 4.58. The van der Waals surface area contributed by atoms with Gasteiger partial charge in [-0.25, -0.2) is 4.98 Å². The van der Waals surface area contributed by atoms with E-state index in [4.69, 9.17) is 0 Å². The number of rotatable bonds is 9. The van der Waals surface area contributed by atoms with Crippen molar-refractivity contribution in [3.8, 4) is 0 Å². The van der Waals surface area contributed by atoms with Crippen LogP contribution in [0.3, 0.4) is 0 Å². The van der Waals surface area contributed by atoms with Gasteiger partial charge in [0.05, 0.1) is 12.2 Å². The van der Waals surface area contributed by atoms with Crippen LogP contribution >= 0.6 is 0 Å². The highest BCUT2D eigenvalue weighted by Gasteiger charge is 2.29. The summed E-state index contributed by atoms with van der Waals surface area (Å²) in [5, 5.41) is 5.95. The molecule has 0 radical (unpaired) electrons. The van der Waals surface area contributed by atoms with Crippen molar-refractivity contribution in [2.75, 3.05) is 18.4 Å². The lowest BCUT2D eigenvalue weighted by molar-refractivity contribution is -0.134. The van der Waals surface area contributed by atoms with Gasteiger partial charge in [0.1, 0.15) is 0 Å². The third-order valence-corrected chi connectivity index (χ3v) is 6.61. The van der Waals surface area contributed by atoms with Crippen LogP contribution in [0.5, 0.6) is 0 Å². The third kappa shape index (κ3) is 6.59. The Morgan fingerprint density at radius 1 is 1.06 bits per heavy atom. The highest BCUT2D eigenvalue weighted by atomic mass is 16.2. The van der Waals surface area contributed by atoms with Crippen LogP contribution in [0, 0.1) is 0 Å². The van der Waals surface area contributed by atoms with Crippen molar-refractivity contribution in [3.63, 3.8) is 0 Å². The average molecular weight is 488 g/mol. The summed E-state index contributed by atoms with van der Waals surface area (Å²) in [6, 6.07) is 16.9. The number of aryl methyl sites for hydroxylation is 1. The van der Waals surface area contributed by atoms with Gasteiger partial charge in [-0.1, -0.05) is 43.3 Å². The van der Waals surface area contributed by atoms with Crippen LogP contribution in [0.25, 0.3) is 0 Å². The molecule has 3 aromatic rings. The van der Waals surface area contributed by atoms with E-state index in [1.807, 2.05) is 52.9 Å². The zero-order chi connectivity index (χ0) is 25.3. The first-order valence-electron chi connectivity index (χ1n) is 12.5. The lowest BCUT2D eigenvalue weighted by Crippen LogP contribution is -2.47. The van der Waals surface area contributed by atoms with Crippen molar-refractivity contribution in [1.82, 2.24) is 19.8 Å². The van der Waals surface area contributed by atoms with E-state index in [0.717, 1.165) is 12.0 Å². The number of piperidine rings is 1. The van der Waals surface area contributed by atoms with E-state index < -0.39 is 0 Å². The fourth-order valence-corrected chi connectivity index (χ4v) is 4.58. The predicted octanol–water partition coefficient (Wildman–Crippen LogP) is 3.83. The summed E-state index contributed by atoms with van der Waals surface area (Å²) in [4.78, 5) is 44.2. The number of imidazole rings is 1. The van der Waals surface area contributed by atoms with Gasteiger partial charge in [-0.2, -0.15) is 0 Å². The molecule has 2 aromatic carbocycles. The number of hydrogen-bond donors (Lipinski definition) is 2. The smallest absolute Gasteiger partial charge is 0.251 e. The molecule has 0 bridgehead atoms. The van der Waals surface area contributed by atoms with E-state index >= 15 is 0 Å². The Hall–Kier alpha value is -3.94. The molecule has 1 aliphatic rings. The average Bonchev–Trinajstić information content (AvgIpc) is 3.43. The zero-order valence-electron chi connectivity index (χ0n) is 20.6. The van der Waals surface area contributed by atoms with E-state index in [1.165, 1.54) is 0 Å². The second kappa shape index (κ2) is 12.2. The van der Waals surface area contributed by atoms with E-state index in [9.17, 15) is 14.4 Å². The summed E-state index contributed by atoms with van der Waals surface area (Å²) in [6.07, 6.45) is 7.66. The first-order valence-corrected chi connectivity index (χ1v) is 12.5. The summed E-state index contributed by atoms with van der Waals surface area (Å²) >= 11 is 0. The first-order chi connectivity index (χ1) is 17.5. The highest BCUT2D eigenvalue weighted by molar-refractivity contribution is 5.97. The summed E-state index contributed by atoms with van der Waals surface area (Å²) in [6.45, 7) is 3.83. The van der Waals surface area contributed by atoms with Crippen LogP contribution in [0.2, 0.25) is 0 Å². The van der Waals surface area contributed by atoms with Crippen molar-refractivity contribution in [2.24, 2.45) is 0 Å². The minimum absolute atomic E-state index is 0.00628. The Morgan fingerprint density at radius 3 is 2.53 bits per heavy atom. The second-order valence-electron chi connectivity index (χ2n) is 9.12. The Labute approximate surface area is 211 Å². The number of anilines is 1. The quantitative estimate of drug-likeness (QED) is 0.480. The molecule has 1 aromatic heterocycles. The molecule has 8 nitrogen and oxygen atoms in total. The molecule has 1 atom stereocenters. The molecular formula is C28H33N5O3. The maximum atomic E-state index is 13.1. The van der Waals surface area contributed by atoms with Gasteiger partial charge in [-0.15, -0.1) is 0 Å². The van der Waals surface area contributed by atoms with Gasteiger partial charge in [0.25, 0.3) is 5.91 Å². The van der Waals surface area contributed by atoms with E-state index in [1.54, 1.807) is 36.8 Å². The fraction of sp³-hybridized carbons (Fsp3) is 0.357. The lowest BCUT2D eigenvalue weighted by atomic mass is 9.93. The summed E-state index contributed by atoms with van der Waals surface area (Å²) in [7, 11) is 0. The number of amides is 3. The van der Waals surface area contributed by atoms with Gasteiger partial charge in [0.15, 0.2) is 0 Å². The van der Waals surface area contributed by atoms with Gasteiger partial charge in [0, 0.05) is 55.7 Å². The van der Waals surface area contributed by atoms with Crippen molar-refractivity contribution >= 4 is 23.4 Å². The number of carbonyl (C=O) groups excluding carboxylic acids is 3. The minimum atomic E-state index is -0.176. The second-order valence-corrected chi connectivity index (χ2v) is 9.12. The summed E-state index contributed by atoms with van der Waals surface area (Å²) in [5.74, 6) is -0.274. The van der Waals surface area contributed by atoms with E-state index in [2.05, 4.69) is 15.6 Å². The number of hydrogen-bond acceptors (Lipinski definition) is 4. The molecule has 2 N–H and O–H groups in total. The molecule has 1 unspecified atom stereocenters. The number of likely N-dealkylation sites (tertiary alicyclic amines) is 1.